The molecule has 0 aromatic heterocycles. The van der Waals surface area contributed by atoms with Crippen LogP contribution in [0.3, 0.4) is 0 Å². The average Bonchev–Trinajstić information content (AvgIpc) is 2.74. The zero-order chi connectivity index (χ0) is 20.5. The maximum absolute atomic E-state index is 12.2. The van der Waals surface area contributed by atoms with Crippen LogP contribution in [0.5, 0.6) is 17.2 Å². The van der Waals surface area contributed by atoms with E-state index in [1.165, 1.54) is 27.4 Å². The topological polar surface area (TPSA) is 100 Å². The van der Waals surface area contributed by atoms with Crippen LogP contribution >= 0.6 is 0 Å². The lowest BCUT2D eigenvalue weighted by Crippen LogP contribution is -2.31. The number of para-hydroxylation sites is 1. The summed E-state index contributed by atoms with van der Waals surface area (Å²) in [4.78, 5) is 36.1. The lowest BCUT2D eigenvalue weighted by Gasteiger charge is -2.10. The molecule has 2 aromatic carbocycles. The molecule has 0 bridgehead atoms. The lowest BCUT2D eigenvalue weighted by atomic mass is 10.1. The number of carbonyl (C=O) groups excluding carboxylic acids is 3. The highest BCUT2D eigenvalue weighted by atomic mass is 16.5. The van der Waals surface area contributed by atoms with Crippen LogP contribution in [0.1, 0.15) is 20.7 Å². The Balaban J connectivity index is 1.87. The number of carbonyl (C=O) groups is 3. The van der Waals surface area contributed by atoms with Crippen molar-refractivity contribution in [3.05, 3.63) is 53.6 Å². The Labute approximate surface area is 162 Å². The molecule has 0 heterocycles. The minimum atomic E-state index is -0.739. The quantitative estimate of drug-likeness (QED) is 0.518. The number of hydrogen-bond acceptors (Lipinski definition) is 7. The second-order valence-electron chi connectivity index (χ2n) is 5.54. The maximum Gasteiger partial charge on any atom is 0.325 e. The number of Topliss-reactive ketones (excluding diaryl/α,β-unsaturated/α-hetero) is 1. The molecule has 0 saturated heterocycles. The Hall–Kier alpha value is -3.55. The zero-order valence-corrected chi connectivity index (χ0v) is 15.8. The summed E-state index contributed by atoms with van der Waals surface area (Å²) in [5.74, 6) is -0.376. The fourth-order valence-electron chi connectivity index (χ4n) is 2.37. The van der Waals surface area contributed by atoms with Gasteiger partial charge in [0.15, 0.2) is 23.9 Å². The molecule has 0 radical (unpaired) electrons. The number of benzene rings is 2. The number of ketones is 1. The maximum atomic E-state index is 12.2. The molecule has 0 fully saturated rings. The molecule has 2 rings (SSSR count). The molecule has 0 unspecified atom stereocenters. The number of amides is 1. The van der Waals surface area contributed by atoms with Crippen molar-refractivity contribution in [3.8, 4) is 17.2 Å². The predicted octanol–water partition coefficient (Wildman–Crippen LogP) is 1.87. The van der Waals surface area contributed by atoms with E-state index < -0.39 is 24.3 Å². The fourth-order valence-corrected chi connectivity index (χ4v) is 2.37. The summed E-state index contributed by atoms with van der Waals surface area (Å²) in [5, 5.41) is 2.43. The summed E-state index contributed by atoms with van der Waals surface area (Å²) in [6, 6.07) is 11.2. The molecule has 0 aliphatic rings. The average molecular weight is 387 g/mol. The van der Waals surface area contributed by atoms with E-state index in [0.29, 0.717) is 28.4 Å². The van der Waals surface area contributed by atoms with E-state index in [-0.39, 0.29) is 6.54 Å². The van der Waals surface area contributed by atoms with E-state index >= 15 is 0 Å². The molecule has 8 heteroatoms. The van der Waals surface area contributed by atoms with Gasteiger partial charge in [-0.3, -0.25) is 14.4 Å². The highest BCUT2D eigenvalue weighted by Gasteiger charge is 2.15. The zero-order valence-electron chi connectivity index (χ0n) is 15.8. The van der Waals surface area contributed by atoms with Gasteiger partial charge in [-0.2, -0.15) is 0 Å². The fraction of sp³-hybridized carbons (Fsp3) is 0.250. The summed E-state index contributed by atoms with van der Waals surface area (Å²) < 4.78 is 20.3. The molecule has 0 saturated carbocycles. The van der Waals surface area contributed by atoms with Crippen molar-refractivity contribution in [2.24, 2.45) is 0 Å². The van der Waals surface area contributed by atoms with Gasteiger partial charge in [-0.05, 0) is 30.3 Å². The normalized spacial score (nSPS) is 9.96. The standard InChI is InChI=1S/C20H21NO7/c1-25-16-7-5-4-6-14(16)20(24)21-11-19(23)28-12-15(22)13-8-9-17(26-2)18(10-13)27-3/h4-10H,11-12H2,1-3H3,(H,21,24). The summed E-state index contributed by atoms with van der Waals surface area (Å²) in [6.07, 6.45) is 0. The van der Waals surface area contributed by atoms with Crippen molar-refractivity contribution in [3.63, 3.8) is 0 Å². The van der Waals surface area contributed by atoms with Gasteiger partial charge in [0.2, 0.25) is 0 Å². The highest BCUT2D eigenvalue weighted by molar-refractivity contribution is 6.00. The van der Waals surface area contributed by atoms with Gasteiger partial charge in [-0.15, -0.1) is 0 Å². The summed E-state index contributed by atoms with van der Waals surface area (Å²) in [6.45, 7) is -0.838. The monoisotopic (exact) mass is 387 g/mol. The van der Waals surface area contributed by atoms with Crippen molar-refractivity contribution in [1.29, 1.82) is 0 Å². The molecule has 28 heavy (non-hydrogen) atoms. The van der Waals surface area contributed by atoms with E-state index in [4.69, 9.17) is 18.9 Å². The van der Waals surface area contributed by atoms with Crippen LogP contribution in [0, 0.1) is 0 Å². The van der Waals surface area contributed by atoms with Gasteiger partial charge in [-0.25, -0.2) is 0 Å². The van der Waals surface area contributed by atoms with Gasteiger partial charge >= 0.3 is 5.97 Å². The highest BCUT2D eigenvalue weighted by Crippen LogP contribution is 2.27. The van der Waals surface area contributed by atoms with Crippen LogP contribution in [-0.2, 0) is 9.53 Å². The van der Waals surface area contributed by atoms with Gasteiger partial charge in [0.25, 0.3) is 5.91 Å². The van der Waals surface area contributed by atoms with Crippen molar-refractivity contribution in [2.75, 3.05) is 34.5 Å². The molecule has 148 valence electrons. The van der Waals surface area contributed by atoms with E-state index in [9.17, 15) is 14.4 Å². The second-order valence-corrected chi connectivity index (χ2v) is 5.54. The molecule has 0 atom stereocenters. The van der Waals surface area contributed by atoms with E-state index in [1.807, 2.05) is 0 Å². The second kappa shape index (κ2) is 9.96. The van der Waals surface area contributed by atoms with Crippen molar-refractivity contribution >= 4 is 17.7 Å². The summed E-state index contributed by atoms with van der Waals surface area (Å²) in [5.41, 5.74) is 0.600. The Morgan fingerprint density at radius 2 is 1.54 bits per heavy atom. The van der Waals surface area contributed by atoms with Gasteiger partial charge in [0.1, 0.15) is 12.3 Å². The number of nitrogens with one attached hydrogen (secondary N) is 1. The van der Waals surface area contributed by atoms with E-state index in [2.05, 4.69) is 5.32 Å². The van der Waals surface area contributed by atoms with Crippen molar-refractivity contribution in [1.82, 2.24) is 5.32 Å². The van der Waals surface area contributed by atoms with Crippen LogP contribution in [-0.4, -0.2) is 52.1 Å². The third-order valence-electron chi connectivity index (χ3n) is 3.81. The minimum absolute atomic E-state index is 0.291. The van der Waals surface area contributed by atoms with Crippen LogP contribution in [0.2, 0.25) is 0 Å². The van der Waals surface area contributed by atoms with E-state index in [0.717, 1.165) is 0 Å². The van der Waals surface area contributed by atoms with Crippen LogP contribution < -0.4 is 19.5 Å². The Bertz CT molecular complexity index is 863. The third-order valence-corrected chi connectivity index (χ3v) is 3.81. The van der Waals surface area contributed by atoms with Gasteiger partial charge in [0, 0.05) is 5.56 Å². The molecular weight excluding hydrogens is 366 g/mol. The summed E-state index contributed by atoms with van der Waals surface area (Å²) >= 11 is 0. The molecule has 1 amide bonds. The number of rotatable bonds is 9. The van der Waals surface area contributed by atoms with Crippen molar-refractivity contribution in [2.45, 2.75) is 0 Å². The first-order valence-corrected chi connectivity index (χ1v) is 8.32. The number of hydrogen-bond donors (Lipinski definition) is 1. The van der Waals surface area contributed by atoms with Gasteiger partial charge in [0.05, 0.1) is 26.9 Å². The number of esters is 1. The molecule has 0 aliphatic carbocycles. The molecular formula is C20H21NO7. The van der Waals surface area contributed by atoms with Gasteiger partial charge in [-0.1, -0.05) is 12.1 Å². The van der Waals surface area contributed by atoms with Crippen LogP contribution in [0.25, 0.3) is 0 Å². The largest absolute Gasteiger partial charge is 0.496 e. The van der Waals surface area contributed by atoms with Crippen LogP contribution in [0.15, 0.2) is 42.5 Å². The van der Waals surface area contributed by atoms with E-state index in [1.54, 1.807) is 36.4 Å². The Morgan fingerprint density at radius 3 is 2.21 bits per heavy atom. The first-order valence-electron chi connectivity index (χ1n) is 8.32. The summed E-state index contributed by atoms with van der Waals surface area (Å²) in [7, 11) is 4.39. The SMILES string of the molecule is COc1ccc(C(=O)COC(=O)CNC(=O)c2ccccc2OC)cc1OC. The minimum Gasteiger partial charge on any atom is -0.496 e. The van der Waals surface area contributed by atoms with Crippen LogP contribution in [0.4, 0.5) is 0 Å². The molecule has 1 N–H and O–H groups in total. The number of methoxy groups -OCH3 is 3. The smallest absolute Gasteiger partial charge is 0.325 e. The first kappa shape index (κ1) is 20.8. The Kier molecular flexibility index (Phi) is 7.38. The first-order chi connectivity index (χ1) is 13.5. The van der Waals surface area contributed by atoms with Gasteiger partial charge < -0.3 is 24.3 Å². The Morgan fingerprint density at radius 1 is 0.857 bits per heavy atom. The lowest BCUT2D eigenvalue weighted by molar-refractivity contribution is -0.141. The molecule has 8 nitrogen and oxygen atoms in total. The molecule has 0 spiro atoms. The number of ether oxygens (including phenoxy) is 4. The van der Waals surface area contributed by atoms with Crippen molar-refractivity contribution < 1.29 is 33.3 Å². The predicted molar refractivity (Wildman–Crippen MR) is 100 cm³/mol. The third kappa shape index (κ3) is 5.23. The molecule has 2 aromatic rings. The molecule has 0 aliphatic heterocycles.